The number of thiophene rings is 1. The second-order valence-electron chi connectivity index (χ2n) is 4.17. The molecule has 1 N–H and O–H groups in total. The Bertz CT molecular complexity index is 530. The lowest BCUT2D eigenvalue weighted by Gasteiger charge is -2.17. The average molecular weight is 297 g/mol. The fourth-order valence-electron chi connectivity index (χ4n) is 1.93. The van der Waals surface area contributed by atoms with Crippen molar-refractivity contribution < 1.29 is 4.74 Å². The van der Waals surface area contributed by atoms with Crippen molar-refractivity contribution >= 4 is 22.9 Å². The van der Waals surface area contributed by atoms with E-state index in [-0.39, 0.29) is 6.04 Å². The van der Waals surface area contributed by atoms with Gasteiger partial charge in [-0.2, -0.15) is 0 Å². The fourth-order valence-corrected chi connectivity index (χ4v) is 3.06. The Hall–Kier alpha value is -1.10. The standard InChI is InChI=1S/C14H17ClN2OS/c1-3-17-13(14-7-11(18-2)9-19-14)6-10-4-5-16-8-12(10)15/h4-5,7-9,13,17H,3,6H2,1-2H3. The highest BCUT2D eigenvalue weighted by Crippen LogP contribution is 2.30. The zero-order valence-electron chi connectivity index (χ0n) is 11.0. The van der Waals surface area contributed by atoms with Gasteiger partial charge in [-0.05, 0) is 30.7 Å². The van der Waals surface area contributed by atoms with Crippen molar-refractivity contribution in [1.82, 2.24) is 10.3 Å². The number of rotatable bonds is 6. The van der Waals surface area contributed by atoms with Gasteiger partial charge >= 0.3 is 0 Å². The zero-order valence-corrected chi connectivity index (χ0v) is 12.6. The van der Waals surface area contributed by atoms with Crippen LogP contribution < -0.4 is 10.1 Å². The molecule has 0 aromatic carbocycles. The molecule has 0 amide bonds. The minimum atomic E-state index is 0.249. The van der Waals surface area contributed by atoms with Crippen molar-refractivity contribution in [2.45, 2.75) is 19.4 Å². The van der Waals surface area contributed by atoms with E-state index in [1.165, 1.54) is 4.88 Å². The smallest absolute Gasteiger partial charge is 0.129 e. The molecule has 102 valence electrons. The molecule has 3 nitrogen and oxygen atoms in total. The summed E-state index contributed by atoms with van der Waals surface area (Å²) in [5.74, 6) is 0.906. The second kappa shape index (κ2) is 6.89. The monoisotopic (exact) mass is 296 g/mol. The van der Waals surface area contributed by atoms with Gasteiger partial charge in [0.2, 0.25) is 0 Å². The van der Waals surface area contributed by atoms with Crippen LogP contribution in [0.5, 0.6) is 5.75 Å². The molecular weight excluding hydrogens is 280 g/mol. The first-order valence-corrected chi connectivity index (χ1v) is 7.44. The van der Waals surface area contributed by atoms with E-state index in [0.717, 1.165) is 24.3 Å². The zero-order chi connectivity index (χ0) is 13.7. The van der Waals surface area contributed by atoms with Crippen molar-refractivity contribution in [1.29, 1.82) is 0 Å². The molecule has 0 radical (unpaired) electrons. The molecule has 19 heavy (non-hydrogen) atoms. The lowest BCUT2D eigenvalue weighted by Crippen LogP contribution is -2.22. The molecule has 0 aliphatic heterocycles. The number of hydrogen-bond donors (Lipinski definition) is 1. The van der Waals surface area contributed by atoms with Gasteiger partial charge in [0.25, 0.3) is 0 Å². The third-order valence-electron chi connectivity index (χ3n) is 2.91. The van der Waals surface area contributed by atoms with Crippen LogP contribution in [0.15, 0.2) is 29.9 Å². The molecule has 2 aromatic rings. The van der Waals surface area contributed by atoms with E-state index in [1.807, 2.05) is 11.4 Å². The van der Waals surface area contributed by atoms with Crippen LogP contribution in [-0.2, 0) is 6.42 Å². The first kappa shape index (κ1) is 14.3. The number of halogens is 1. The molecule has 1 atom stereocenters. The fraction of sp³-hybridized carbons (Fsp3) is 0.357. The third-order valence-corrected chi connectivity index (χ3v) is 4.27. The quantitative estimate of drug-likeness (QED) is 0.882. The molecule has 0 bridgehead atoms. The Morgan fingerprint density at radius 1 is 1.53 bits per heavy atom. The van der Waals surface area contributed by atoms with Gasteiger partial charge in [-0.3, -0.25) is 4.98 Å². The highest BCUT2D eigenvalue weighted by Gasteiger charge is 2.15. The predicted molar refractivity (Wildman–Crippen MR) is 80.2 cm³/mol. The van der Waals surface area contributed by atoms with E-state index in [2.05, 4.69) is 23.3 Å². The molecule has 1 unspecified atom stereocenters. The van der Waals surface area contributed by atoms with Crippen molar-refractivity contribution in [3.05, 3.63) is 45.4 Å². The highest BCUT2D eigenvalue weighted by molar-refractivity contribution is 7.10. The molecule has 2 rings (SSSR count). The molecule has 0 aliphatic carbocycles. The van der Waals surface area contributed by atoms with E-state index in [1.54, 1.807) is 30.8 Å². The van der Waals surface area contributed by atoms with Gasteiger partial charge in [0.15, 0.2) is 0 Å². The molecule has 2 heterocycles. The number of methoxy groups -OCH3 is 1. The number of likely N-dealkylation sites (N-methyl/N-ethyl adjacent to an activating group) is 1. The maximum atomic E-state index is 6.18. The van der Waals surface area contributed by atoms with E-state index < -0.39 is 0 Å². The Kier molecular flexibility index (Phi) is 5.19. The summed E-state index contributed by atoms with van der Waals surface area (Å²) in [6.07, 6.45) is 4.31. The Balaban J connectivity index is 2.18. The molecule has 2 aromatic heterocycles. The Morgan fingerprint density at radius 2 is 2.37 bits per heavy atom. The van der Waals surface area contributed by atoms with Gasteiger partial charge in [-0.1, -0.05) is 18.5 Å². The van der Waals surface area contributed by atoms with E-state index in [9.17, 15) is 0 Å². The number of pyridine rings is 1. The molecular formula is C14H17ClN2OS. The minimum Gasteiger partial charge on any atom is -0.496 e. The van der Waals surface area contributed by atoms with Crippen LogP contribution >= 0.6 is 22.9 Å². The number of nitrogens with zero attached hydrogens (tertiary/aromatic N) is 1. The summed E-state index contributed by atoms with van der Waals surface area (Å²) < 4.78 is 5.24. The summed E-state index contributed by atoms with van der Waals surface area (Å²) in [7, 11) is 1.69. The molecule has 0 fully saturated rings. The summed E-state index contributed by atoms with van der Waals surface area (Å²) in [6.45, 7) is 3.01. The van der Waals surface area contributed by atoms with Crippen LogP contribution in [0.25, 0.3) is 0 Å². The van der Waals surface area contributed by atoms with E-state index in [0.29, 0.717) is 5.02 Å². The van der Waals surface area contributed by atoms with E-state index >= 15 is 0 Å². The van der Waals surface area contributed by atoms with Crippen LogP contribution in [0.4, 0.5) is 0 Å². The number of ether oxygens (including phenoxy) is 1. The van der Waals surface area contributed by atoms with Crippen molar-refractivity contribution in [3.63, 3.8) is 0 Å². The Morgan fingerprint density at radius 3 is 3.00 bits per heavy atom. The van der Waals surface area contributed by atoms with Gasteiger partial charge in [0, 0.05) is 28.7 Å². The number of hydrogen-bond acceptors (Lipinski definition) is 4. The third kappa shape index (κ3) is 3.69. The second-order valence-corrected chi connectivity index (χ2v) is 5.52. The van der Waals surface area contributed by atoms with Crippen LogP contribution in [-0.4, -0.2) is 18.6 Å². The van der Waals surface area contributed by atoms with Crippen molar-refractivity contribution in [2.75, 3.05) is 13.7 Å². The number of nitrogens with one attached hydrogen (secondary N) is 1. The molecule has 5 heteroatoms. The summed E-state index contributed by atoms with van der Waals surface area (Å²) in [5, 5.41) is 6.23. The van der Waals surface area contributed by atoms with Gasteiger partial charge in [-0.15, -0.1) is 11.3 Å². The molecule has 0 aliphatic rings. The first-order valence-electron chi connectivity index (χ1n) is 6.18. The van der Waals surface area contributed by atoms with Crippen LogP contribution in [0.1, 0.15) is 23.4 Å². The average Bonchev–Trinajstić information content (AvgIpc) is 2.89. The van der Waals surface area contributed by atoms with Crippen molar-refractivity contribution in [2.24, 2.45) is 0 Å². The molecule has 0 spiro atoms. The summed E-state index contributed by atoms with van der Waals surface area (Å²) in [4.78, 5) is 5.27. The van der Waals surface area contributed by atoms with Gasteiger partial charge in [0.05, 0.1) is 12.1 Å². The van der Waals surface area contributed by atoms with Crippen molar-refractivity contribution in [3.8, 4) is 5.75 Å². The lowest BCUT2D eigenvalue weighted by atomic mass is 10.1. The lowest BCUT2D eigenvalue weighted by molar-refractivity contribution is 0.415. The minimum absolute atomic E-state index is 0.249. The largest absolute Gasteiger partial charge is 0.496 e. The first-order chi connectivity index (χ1) is 9.24. The van der Waals surface area contributed by atoms with Gasteiger partial charge < -0.3 is 10.1 Å². The van der Waals surface area contributed by atoms with Gasteiger partial charge in [-0.25, -0.2) is 0 Å². The predicted octanol–water partition coefficient (Wildman–Crippen LogP) is 3.70. The van der Waals surface area contributed by atoms with Crippen LogP contribution in [0.2, 0.25) is 5.02 Å². The normalized spacial score (nSPS) is 12.4. The summed E-state index contributed by atoms with van der Waals surface area (Å²) in [6, 6.07) is 4.30. The van der Waals surface area contributed by atoms with E-state index in [4.69, 9.17) is 16.3 Å². The van der Waals surface area contributed by atoms with Gasteiger partial charge in [0.1, 0.15) is 5.75 Å². The molecule has 0 saturated heterocycles. The Labute approximate surface area is 122 Å². The topological polar surface area (TPSA) is 34.2 Å². The SMILES string of the molecule is CCNC(Cc1ccncc1Cl)c1cc(OC)cs1. The maximum Gasteiger partial charge on any atom is 0.129 e. The number of aromatic nitrogens is 1. The summed E-state index contributed by atoms with van der Waals surface area (Å²) in [5.41, 5.74) is 1.11. The van der Waals surface area contributed by atoms with Crippen LogP contribution in [0, 0.1) is 0 Å². The maximum absolute atomic E-state index is 6.18. The van der Waals surface area contributed by atoms with Crippen LogP contribution in [0.3, 0.4) is 0 Å². The highest BCUT2D eigenvalue weighted by atomic mass is 35.5. The summed E-state index contributed by atoms with van der Waals surface area (Å²) >= 11 is 7.88. The molecule has 0 saturated carbocycles.